The number of rotatable bonds is 6. The maximum absolute atomic E-state index is 5.80. The van der Waals surface area contributed by atoms with E-state index in [1.54, 1.807) is 0 Å². The predicted molar refractivity (Wildman–Crippen MR) is 86.9 cm³/mol. The topological polar surface area (TPSA) is 55.9 Å². The van der Waals surface area contributed by atoms with Crippen LogP contribution in [0.4, 0.5) is 0 Å². The normalized spacial score (nSPS) is 14.1. The van der Waals surface area contributed by atoms with Crippen molar-refractivity contribution in [1.82, 2.24) is 15.2 Å². The molecular formula is C17H26N4. The van der Waals surface area contributed by atoms with Crippen LogP contribution in [0.2, 0.25) is 0 Å². The Morgan fingerprint density at radius 2 is 1.90 bits per heavy atom. The molecule has 1 aromatic heterocycles. The molecule has 0 aliphatic heterocycles. The highest BCUT2D eigenvalue weighted by Crippen LogP contribution is 2.24. The summed E-state index contributed by atoms with van der Waals surface area (Å²) < 4.78 is 2.04. The van der Waals surface area contributed by atoms with E-state index in [1.807, 2.05) is 4.68 Å². The van der Waals surface area contributed by atoms with Gasteiger partial charge in [0, 0.05) is 18.7 Å². The van der Waals surface area contributed by atoms with Gasteiger partial charge in [0.2, 0.25) is 0 Å². The Morgan fingerprint density at radius 1 is 1.24 bits per heavy atom. The molecule has 0 aliphatic carbocycles. The van der Waals surface area contributed by atoms with Gasteiger partial charge < -0.3 is 0 Å². The van der Waals surface area contributed by atoms with Gasteiger partial charge >= 0.3 is 0 Å². The molecular weight excluding hydrogens is 260 g/mol. The first kappa shape index (κ1) is 15.7. The first-order chi connectivity index (χ1) is 10.1. The molecule has 4 heteroatoms. The Labute approximate surface area is 127 Å². The van der Waals surface area contributed by atoms with E-state index in [1.165, 1.54) is 16.7 Å². The molecule has 1 aromatic carbocycles. The van der Waals surface area contributed by atoms with Gasteiger partial charge in [-0.3, -0.25) is 16.0 Å². The van der Waals surface area contributed by atoms with Crippen LogP contribution < -0.4 is 11.3 Å². The van der Waals surface area contributed by atoms with Crippen molar-refractivity contribution >= 4 is 0 Å². The molecule has 3 N–H and O–H groups in total. The number of hydrogen-bond donors (Lipinski definition) is 2. The average molecular weight is 286 g/mol. The van der Waals surface area contributed by atoms with Gasteiger partial charge in [-0.1, -0.05) is 25.1 Å². The number of hydrazine groups is 1. The van der Waals surface area contributed by atoms with E-state index in [-0.39, 0.29) is 6.04 Å². The number of nitrogens with one attached hydrogen (secondary N) is 1. The minimum Gasteiger partial charge on any atom is -0.271 e. The van der Waals surface area contributed by atoms with E-state index in [9.17, 15) is 0 Å². The van der Waals surface area contributed by atoms with Crippen LogP contribution in [0.1, 0.15) is 54.7 Å². The third-order valence-corrected chi connectivity index (χ3v) is 4.21. The van der Waals surface area contributed by atoms with Crippen molar-refractivity contribution in [2.24, 2.45) is 5.84 Å². The van der Waals surface area contributed by atoms with Crippen molar-refractivity contribution in [2.75, 3.05) is 0 Å². The summed E-state index contributed by atoms with van der Waals surface area (Å²) in [5, 5.41) is 4.67. The molecule has 0 saturated heterocycles. The lowest BCUT2D eigenvalue weighted by atomic mass is 9.94. The van der Waals surface area contributed by atoms with Crippen LogP contribution >= 0.6 is 0 Å². The largest absolute Gasteiger partial charge is 0.271 e. The Hall–Kier alpha value is -1.65. The average Bonchev–Trinajstić information content (AvgIpc) is 2.93. The van der Waals surface area contributed by atoms with Crippen LogP contribution in [0, 0.1) is 13.8 Å². The Balaban J connectivity index is 2.21. The van der Waals surface area contributed by atoms with Gasteiger partial charge in [0.15, 0.2) is 0 Å². The second-order valence-electron chi connectivity index (χ2n) is 5.77. The second kappa shape index (κ2) is 6.87. The molecule has 0 bridgehead atoms. The molecule has 2 rings (SSSR count). The molecule has 0 amide bonds. The molecule has 0 spiro atoms. The number of nitrogens with two attached hydrogens (primary N) is 1. The zero-order valence-electron chi connectivity index (χ0n) is 13.4. The first-order valence-corrected chi connectivity index (χ1v) is 7.63. The molecule has 0 radical (unpaired) electrons. The molecule has 2 atom stereocenters. The van der Waals surface area contributed by atoms with E-state index in [2.05, 4.69) is 68.7 Å². The van der Waals surface area contributed by atoms with Crippen LogP contribution in [-0.2, 0) is 6.42 Å². The quantitative estimate of drug-likeness (QED) is 0.633. The van der Waals surface area contributed by atoms with Crippen molar-refractivity contribution in [2.45, 2.75) is 52.6 Å². The van der Waals surface area contributed by atoms with Gasteiger partial charge in [0.1, 0.15) is 0 Å². The molecule has 21 heavy (non-hydrogen) atoms. The minimum absolute atomic E-state index is 0.0893. The fraction of sp³-hybridized carbons (Fsp3) is 0.471. The van der Waals surface area contributed by atoms with Crippen molar-refractivity contribution in [3.63, 3.8) is 0 Å². The van der Waals surface area contributed by atoms with Gasteiger partial charge in [0.05, 0.1) is 11.7 Å². The van der Waals surface area contributed by atoms with Crippen molar-refractivity contribution < 1.29 is 0 Å². The lowest BCUT2D eigenvalue weighted by molar-refractivity contribution is 0.466. The minimum atomic E-state index is 0.0893. The smallest absolute Gasteiger partial charge is 0.0644 e. The summed E-state index contributed by atoms with van der Waals surface area (Å²) >= 11 is 0. The molecule has 1 heterocycles. The fourth-order valence-electron chi connectivity index (χ4n) is 2.75. The molecule has 2 unspecified atom stereocenters. The Bertz CT molecular complexity index is 568. The summed E-state index contributed by atoms with van der Waals surface area (Å²) in [4.78, 5) is 0. The third kappa shape index (κ3) is 3.52. The van der Waals surface area contributed by atoms with Gasteiger partial charge in [-0.05, 0) is 49.9 Å². The predicted octanol–water partition coefficient (Wildman–Crippen LogP) is 3.22. The van der Waals surface area contributed by atoms with E-state index in [0.29, 0.717) is 6.04 Å². The molecule has 2 aromatic rings. The van der Waals surface area contributed by atoms with E-state index in [4.69, 9.17) is 5.84 Å². The number of aryl methyl sites for hydroxylation is 2. The molecule has 0 fully saturated rings. The highest BCUT2D eigenvalue weighted by atomic mass is 15.3. The van der Waals surface area contributed by atoms with Gasteiger partial charge in [0.25, 0.3) is 0 Å². The fourth-order valence-corrected chi connectivity index (χ4v) is 2.75. The zero-order chi connectivity index (χ0) is 15.4. The van der Waals surface area contributed by atoms with Crippen molar-refractivity contribution in [1.29, 1.82) is 0 Å². The molecule has 114 valence electrons. The van der Waals surface area contributed by atoms with Crippen molar-refractivity contribution in [3.8, 4) is 0 Å². The summed E-state index contributed by atoms with van der Waals surface area (Å²) in [5.74, 6) is 5.80. The summed E-state index contributed by atoms with van der Waals surface area (Å²) in [7, 11) is 0. The van der Waals surface area contributed by atoms with Gasteiger partial charge in [-0.15, -0.1) is 0 Å². The van der Waals surface area contributed by atoms with Crippen molar-refractivity contribution in [3.05, 3.63) is 52.8 Å². The summed E-state index contributed by atoms with van der Waals surface area (Å²) in [6.07, 6.45) is 3.93. The maximum atomic E-state index is 5.80. The molecule has 4 nitrogen and oxygen atoms in total. The summed E-state index contributed by atoms with van der Waals surface area (Å²) in [6, 6.07) is 8.95. The SMILES string of the molecule is CCC(C)n1ccc(CC(NN)c2c(C)cccc2C)n1. The van der Waals surface area contributed by atoms with Gasteiger partial charge in [-0.2, -0.15) is 5.10 Å². The number of hydrogen-bond acceptors (Lipinski definition) is 3. The maximum Gasteiger partial charge on any atom is 0.0644 e. The molecule has 0 aliphatic rings. The lowest BCUT2D eigenvalue weighted by Crippen LogP contribution is -2.31. The molecule has 0 saturated carbocycles. The Kier molecular flexibility index (Phi) is 5.15. The second-order valence-corrected chi connectivity index (χ2v) is 5.77. The van der Waals surface area contributed by atoms with Crippen LogP contribution in [0.5, 0.6) is 0 Å². The lowest BCUT2D eigenvalue weighted by Gasteiger charge is -2.20. The number of benzene rings is 1. The third-order valence-electron chi connectivity index (χ3n) is 4.21. The Morgan fingerprint density at radius 3 is 2.48 bits per heavy atom. The van der Waals surface area contributed by atoms with E-state index in [0.717, 1.165) is 18.5 Å². The van der Waals surface area contributed by atoms with Crippen LogP contribution in [-0.4, -0.2) is 9.78 Å². The number of nitrogens with zero attached hydrogens (tertiary/aromatic N) is 2. The number of aromatic nitrogens is 2. The van der Waals surface area contributed by atoms with Crippen LogP contribution in [0.25, 0.3) is 0 Å². The monoisotopic (exact) mass is 286 g/mol. The van der Waals surface area contributed by atoms with Crippen LogP contribution in [0.15, 0.2) is 30.5 Å². The summed E-state index contributed by atoms with van der Waals surface area (Å²) in [6.45, 7) is 8.61. The highest BCUT2D eigenvalue weighted by molar-refractivity contribution is 5.36. The van der Waals surface area contributed by atoms with Crippen LogP contribution in [0.3, 0.4) is 0 Å². The highest BCUT2D eigenvalue weighted by Gasteiger charge is 2.17. The zero-order valence-corrected chi connectivity index (χ0v) is 13.4. The summed E-state index contributed by atoms with van der Waals surface area (Å²) in [5.41, 5.74) is 7.82. The van der Waals surface area contributed by atoms with E-state index < -0.39 is 0 Å². The first-order valence-electron chi connectivity index (χ1n) is 7.63. The van der Waals surface area contributed by atoms with E-state index >= 15 is 0 Å². The standard InChI is InChI=1S/C17H26N4/c1-5-14(4)21-10-9-15(20-21)11-16(19-18)17-12(2)7-6-8-13(17)3/h6-10,14,16,19H,5,11,18H2,1-4H3. The van der Waals surface area contributed by atoms with Gasteiger partial charge in [-0.25, -0.2) is 0 Å².